The Bertz CT molecular complexity index is 597. The molecule has 0 aliphatic heterocycles. The van der Waals surface area contributed by atoms with E-state index in [1.54, 1.807) is 25.3 Å². The van der Waals surface area contributed by atoms with Crippen LogP contribution in [0.2, 0.25) is 0 Å². The SMILES string of the molecule is COc1ccc(/C=N/N(C(N)=O)C(N)=O)cc1OC1CCCC1. The Hall–Kier alpha value is -2.77. The molecule has 124 valence electrons. The lowest BCUT2D eigenvalue weighted by molar-refractivity contribution is 0.199. The summed E-state index contributed by atoms with van der Waals surface area (Å²) in [7, 11) is 1.56. The average Bonchev–Trinajstić information content (AvgIpc) is 3.00. The molecule has 8 heteroatoms. The van der Waals surface area contributed by atoms with Gasteiger partial charge in [0.25, 0.3) is 0 Å². The van der Waals surface area contributed by atoms with Crippen LogP contribution < -0.4 is 20.9 Å². The number of primary amides is 2. The Morgan fingerprint density at radius 3 is 2.43 bits per heavy atom. The lowest BCUT2D eigenvalue weighted by atomic mass is 10.2. The minimum absolute atomic E-state index is 0.170. The van der Waals surface area contributed by atoms with E-state index < -0.39 is 12.1 Å². The standard InChI is InChI=1S/C15H20N4O4/c1-22-12-7-6-10(9-18-19(14(16)20)15(17)21)8-13(12)23-11-4-2-3-5-11/h6-9,11H,2-5H2,1H3,(H2,16,20)(H2,17,21)/b18-9+. The summed E-state index contributed by atoms with van der Waals surface area (Å²) >= 11 is 0. The highest BCUT2D eigenvalue weighted by molar-refractivity contribution is 5.93. The number of carbonyl (C=O) groups excluding carboxylic acids is 2. The number of benzene rings is 1. The summed E-state index contributed by atoms with van der Waals surface area (Å²) in [6, 6.07) is 3.06. The van der Waals surface area contributed by atoms with E-state index in [4.69, 9.17) is 20.9 Å². The first kappa shape index (κ1) is 16.6. The molecule has 0 aromatic heterocycles. The number of imide groups is 1. The fraction of sp³-hybridized carbons (Fsp3) is 0.400. The molecule has 4 amide bonds. The molecule has 23 heavy (non-hydrogen) atoms. The van der Waals surface area contributed by atoms with Gasteiger partial charge in [-0.1, -0.05) is 0 Å². The Balaban J connectivity index is 2.18. The second-order valence-electron chi connectivity index (χ2n) is 5.17. The van der Waals surface area contributed by atoms with Gasteiger partial charge in [0.15, 0.2) is 11.5 Å². The van der Waals surface area contributed by atoms with Gasteiger partial charge in [0.05, 0.1) is 19.4 Å². The zero-order valence-corrected chi connectivity index (χ0v) is 12.9. The van der Waals surface area contributed by atoms with E-state index in [0.29, 0.717) is 22.1 Å². The first-order valence-electron chi connectivity index (χ1n) is 7.29. The lowest BCUT2D eigenvalue weighted by Crippen LogP contribution is -2.40. The van der Waals surface area contributed by atoms with Crippen molar-refractivity contribution in [3.8, 4) is 11.5 Å². The third-order valence-electron chi connectivity index (χ3n) is 3.52. The van der Waals surface area contributed by atoms with Crippen LogP contribution in [0.25, 0.3) is 0 Å². The maximum absolute atomic E-state index is 11.0. The molecule has 0 spiro atoms. The zero-order valence-electron chi connectivity index (χ0n) is 12.9. The topological polar surface area (TPSA) is 120 Å². The van der Waals surface area contributed by atoms with Crippen molar-refractivity contribution in [3.63, 3.8) is 0 Å². The highest BCUT2D eigenvalue weighted by Crippen LogP contribution is 2.32. The fourth-order valence-electron chi connectivity index (χ4n) is 2.40. The van der Waals surface area contributed by atoms with Crippen LogP contribution in [0.5, 0.6) is 11.5 Å². The molecule has 0 bridgehead atoms. The number of ether oxygens (including phenoxy) is 2. The highest BCUT2D eigenvalue weighted by atomic mass is 16.5. The maximum Gasteiger partial charge on any atom is 0.344 e. The van der Waals surface area contributed by atoms with Gasteiger partial charge in [0.1, 0.15) is 0 Å². The number of nitrogens with zero attached hydrogens (tertiary/aromatic N) is 2. The van der Waals surface area contributed by atoms with E-state index >= 15 is 0 Å². The predicted molar refractivity (Wildman–Crippen MR) is 84.5 cm³/mol. The molecular weight excluding hydrogens is 300 g/mol. The number of methoxy groups -OCH3 is 1. The third kappa shape index (κ3) is 4.35. The number of hydrazone groups is 1. The molecule has 1 aliphatic carbocycles. The number of nitrogens with two attached hydrogens (primary N) is 2. The minimum Gasteiger partial charge on any atom is -0.493 e. The van der Waals surface area contributed by atoms with Crippen molar-refractivity contribution in [1.82, 2.24) is 5.01 Å². The molecule has 1 aromatic carbocycles. The van der Waals surface area contributed by atoms with Crippen LogP contribution in [0.4, 0.5) is 9.59 Å². The molecule has 1 fully saturated rings. The number of amides is 4. The fourth-order valence-corrected chi connectivity index (χ4v) is 2.40. The second-order valence-corrected chi connectivity index (χ2v) is 5.17. The van der Waals surface area contributed by atoms with Crippen molar-refractivity contribution >= 4 is 18.3 Å². The van der Waals surface area contributed by atoms with E-state index in [1.165, 1.54) is 6.21 Å². The molecule has 0 radical (unpaired) electrons. The van der Waals surface area contributed by atoms with Crippen LogP contribution in [0.15, 0.2) is 23.3 Å². The summed E-state index contributed by atoms with van der Waals surface area (Å²) in [6.45, 7) is 0. The average molecular weight is 320 g/mol. The van der Waals surface area contributed by atoms with Crippen molar-refractivity contribution in [2.45, 2.75) is 31.8 Å². The smallest absolute Gasteiger partial charge is 0.344 e. The quantitative estimate of drug-likeness (QED) is 0.635. The molecule has 0 atom stereocenters. The molecular formula is C15H20N4O4. The van der Waals surface area contributed by atoms with Gasteiger partial charge in [-0.3, -0.25) is 0 Å². The van der Waals surface area contributed by atoms with Gasteiger partial charge in [-0.2, -0.15) is 5.10 Å². The van der Waals surface area contributed by atoms with Crippen LogP contribution in [0.1, 0.15) is 31.2 Å². The van der Waals surface area contributed by atoms with Gasteiger partial charge >= 0.3 is 12.1 Å². The van der Waals surface area contributed by atoms with Crippen molar-refractivity contribution in [2.75, 3.05) is 7.11 Å². The van der Waals surface area contributed by atoms with E-state index in [-0.39, 0.29) is 6.10 Å². The van der Waals surface area contributed by atoms with Crippen molar-refractivity contribution in [2.24, 2.45) is 16.6 Å². The van der Waals surface area contributed by atoms with E-state index in [0.717, 1.165) is 25.7 Å². The van der Waals surface area contributed by atoms with E-state index in [2.05, 4.69) is 5.10 Å². The first-order valence-corrected chi connectivity index (χ1v) is 7.29. The Labute approximate surface area is 134 Å². The monoisotopic (exact) mass is 320 g/mol. The molecule has 0 saturated heterocycles. The van der Waals surface area contributed by atoms with Crippen molar-refractivity contribution < 1.29 is 19.1 Å². The van der Waals surface area contributed by atoms with E-state index in [9.17, 15) is 9.59 Å². The summed E-state index contributed by atoms with van der Waals surface area (Å²) < 4.78 is 11.2. The maximum atomic E-state index is 11.0. The molecule has 2 rings (SSSR count). The lowest BCUT2D eigenvalue weighted by Gasteiger charge is -2.16. The number of hydrogen-bond donors (Lipinski definition) is 2. The Kier molecular flexibility index (Phi) is 5.40. The molecule has 0 unspecified atom stereocenters. The van der Waals surface area contributed by atoms with Gasteiger partial charge < -0.3 is 20.9 Å². The number of urea groups is 2. The molecule has 4 N–H and O–H groups in total. The van der Waals surface area contributed by atoms with Gasteiger partial charge in [0, 0.05) is 0 Å². The Morgan fingerprint density at radius 1 is 1.22 bits per heavy atom. The van der Waals surface area contributed by atoms with Crippen LogP contribution in [0.3, 0.4) is 0 Å². The van der Waals surface area contributed by atoms with Crippen LogP contribution in [-0.4, -0.2) is 36.5 Å². The molecule has 1 saturated carbocycles. The largest absolute Gasteiger partial charge is 0.493 e. The summed E-state index contributed by atoms with van der Waals surface area (Å²) in [4.78, 5) is 22.1. The summed E-state index contributed by atoms with van der Waals surface area (Å²) in [5.41, 5.74) is 10.6. The van der Waals surface area contributed by atoms with Gasteiger partial charge in [-0.15, -0.1) is 5.01 Å². The van der Waals surface area contributed by atoms with Gasteiger partial charge in [-0.25, -0.2) is 9.59 Å². The normalized spacial score (nSPS) is 14.8. The molecule has 1 aromatic rings. The zero-order chi connectivity index (χ0) is 16.8. The number of carbonyl (C=O) groups is 2. The van der Waals surface area contributed by atoms with Crippen LogP contribution >= 0.6 is 0 Å². The van der Waals surface area contributed by atoms with Crippen molar-refractivity contribution in [1.29, 1.82) is 0 Å². The summed E-state index contributed by atoms with van der Waals surface area (Å²) in [6.07, 6.45) is 5.80. The second kappa shape index (κ2) is 7.48. The summed E-state index contributed by atoms with van der Waals surface area (Å²) in [5.74, 6) is 1.20. The highest BCUT2D eigenvalue weighted by Gasteiger charge is 2.19. The van der Waals surface area contributed by atoms with Crippen LogP contribution in [0, 0.1) is 0 Å². The minimum atomic E-state index is -1.05. The number of hydrogen-bond acceptors (Lipinski definition) is 5. The predicted octanol–water partition coefficient (Wildman–Crippen LogP) is 1.81. The van der Waals surface area contributed by atoms with E-state index in [1.807, 2.05) is 0 Å². The van der Waals surface area contributed by atoms with Gasteiger partial charge in [0.2, 0.25) is 0 Å². The molecule has 0 heterocycles. The number of rotatable bonds is 5. The Morgan fingerprint density at radius 2 is 1.87 bits per heavy atom. The van der Waals surface area contributed by atoms with Crippen LogP contribution in [-0.2, 0) is 0 Å². The van der Waals surface area contributed by atoms with Crippen molar-refractivity contribution in [3.05, 3.63) is 23.8 Å². The first-order chi connectivity index (χ1) is 11.0. The third-order valence-corrected chi connectivity index (χ3v) is 3.52. The summed E-state index contributed by atoms with van der Waals surface area (Å²) in [5, 5.41) is 4.06. The van der Waals surface area contributed by atoms with Gasteiger partial charge in [-0.05, 0) is 49.4 Å². The molecule has 8 nitrogen and oxygen atoms in total. The molecule has 1 aliphatic rings.